The summed E-state index contributed by atoms with van der Waals surface area (Å²) in [5.74, 6) is 0.431. The maximum Gasteiger partial charge on any atom is 0.302 e. The average Bonchev–Trinajstić information content (AvgIpc) is 2.05. The monoisotopic (exact) mass is 204 g/mol. The lowest BCUT2D eigenvalue weighted by atomic mass is 10.1. The van der Waals surface area contributed by atoms with Gasteiger partial charge < -0.3 is 9.84 Å². The number of esters is 1. The number of aliphatic hydroxyl groups excluding tert-OH is 1. The van der Waals surface area contributed by atoms with Gasteiger partial charge in [0.15, 0.2) is 0 Å². The molecule has 0 aromatic heterocycles. The van der Waals surface area contributed by atoms with Crippen LogP contribution in [0.2, 0.25) is 0 Å². The van der Waals surface area contributed by atoms with Gasteiger partial charge in [-0.3, -0.25) is 4.79 Å². The molecule has 0 radical (unpaired) electrons. The van der Waals surface area contributed by atoms with E-state index in [1.807, 2.05) is 0 Å². The van der Waals surface area contributed by atoms with E-state index in [9.17, 15) is 4.79 Å². The number of aliphatic hydroxyl groups is 1. The minimum Gasteiger partial charge on any atom is -0.466 e. The highest BCUT2D eigenvalue weighted by atomic mass is 16.5. The van der Waals surface area contributed by atoms with Crippen LogP contribution in [0.25, 0.3) is 0 Å². The molecule has 0 amide bonds. The first kappa shape index (κ1) is 15.9. The second-order valence-electron chi connectivity index (χ2n) is 3.60. The predicted octanol–water partition coefficient (Wildman–Crippen LogP) is 2.37. The highest BCUT2D eigenvalue weighted by molar-refractivity contribution is 5.65. The minimum absolute atomic E-state index is 0.185. The molecule has 0 atom stereocenters. The molecule has 0 aliphatic heterocycles. The maximum absolute atomic E-state index is 10.2. The van der Waals surface area contributed by atoms with Crippen LogP contribution < -0.4 is 0 Å². The lowest BCUT2D eigenvalue weighted by Gasteiger charge is -2.02. The lowest BCUT2D eigenvalue weighted by Crippen LogP contribution is -2.02. The number of carbonyl (C=O) groups is 1. The van der Waals surface area contributed by atoms with E-state index in [4.69, 9.17) is 9.84 Å². The molecule has 0 spiro atoms. The van der Waals surface area contributed by atoms with Gasteiger partial charge in [-0.15, -0.1) is 0 Å². The second kappa shape index (κ2) is 12.4. The van der Waals surface area contributed by atoms with E-state index in [2.05, 4.69) is 20.8 Å². The van der Waals surface area contributed by atoms with Crippen molar-refractivity contribution in [2.24, 2.45) is 5.92 Å². The molecule has 3 heteroatoms. The molecule has 0 saturated carbocycles. The fourth-order valence-corrected chi connectivity index (χ4v) is 0.596. The maximum atomic E-state index is 10.2. The molecule has 0 aromatic rings. The van der Waals surface area contributed by atoms with Crippen molar-refractivity contribution in [3.8, 4) is 0 Å². The summed E-state index contributed by atoms with van der Waals surface area (Å²) in [5, 5.41) is 8.07. The van der Waals surface area contributed by atoms with Crippen LogP contribution in [0.5, 0.6) is 0 Å². The van der Waals surface area contributed by atoms with Gasteiger partial charge in [0, 0.05) is 13.5 Å². The van der Waals surface area contributed by atoms with E-state index < -0.39 is 0 Å². The molecule has 3 nitrogen and oxygen atoms in total. The van der Waals surface area contributed by atoms with E-state index in [0.29, 0.717) is 19.1 Å². The summed E-state index contributed by atoms with van der Waals surface area (Å²) in [7, 11) is 0. The summed E-state index contributed by atoms with van der Waals surface area (Å²) in [6.07, 6.45) is 3.00. The van der Waals surface area contributed by atoms with Crippen LogP contribution in [-0.2, 0) is 9.53 Å². The first-order valence-corrected chi connectivity index (χ1v) is 5.28. The van der Waals surface area contributed by atoms with Crippen molar-refractivity contribution < 1.29 is 14.6 Å². The van der Waals surface area contributed by atoms with E-state index >= 15 is 0 Å². The van der Waals surface area contributed by atoms with Gasteiger partial charge in [0.1, 0.15) is 0 Å². The van der Waals surface area contributed by atoms with E-state index in [-0.39, 0.29) is 5.97 Å². The van der Waals surface area contributed by atoms with E-state index in [1.165, 1.54) is 6.92 Å². The van der Waals surface area contributed by atoms with Crippen molar-refractivity contribution in [2.75, 3.05) is 13.2 Å². The summed E-state index contributed by atoms with van der Waals surface area (Å²) in [6.45, 7) is 8.59. The van der Waals surface area contributed by atoms with Crippen molar-refractivity contribution in [3.05, 3.63) is 0 Å². The largest absolute Gasteiger partial charge is 0.466 e. The highest BCUT2D eigenvalue weighted by Gasteiger charge is 1.94. The lowest BCUT2D eigenvalue weighted by molar-refractivity contribution is -0.141. The zero-order valence-corrected chi connectivity index (χ0v) is 9.88. The first-order valence-electron chi connectivity index (χ1n) is 5.28. The molecule has 0 heterocycles. The third-order valence-electron chi connectivity index (χ3n) is 1.51. The van der Waals surface area contributed by atoms with Crippen LogP contribution in [0.15, 0.2) is 0 Å². The number of hydrogen-bond acceptors (Lipinski definition) is 3. The van der Waals surface area contributed by atoms with Gasteiger partial charge in [-0.05, 0) is 18.8 Å². The van der Waals surface area contributed by atoms with Crippen molar-refractivity contribution in [3.63, 3.8) is 0 Å². The van der Waals surface area contributed by atoms with Crippen LogP contribution in [-0.4, -0.2) is 24.3 Å². The Morgan fingerprint density at radius 2 is 2.00 bits per heavy atom. The van der Waals surface area contributed by atoms with Crippen LogP contribution >= 0.6 is 0 Å². The molecule has 0 aromatic carbocycles. The summed E-state index contributed by atoms with van der Waals surface area (Å²) in [4.78, 5) is 10.2. The molecule has 86 valence electrons. The molecule has 0 aliphatic rings. The van der Waals surface area contributed by atoms with Gasteiger partial charge in [0.2, 0.25) is 0 Å². The summed E-state index contributed by atoms with van der Waals surface area (Å²) < 4.78 is 4.71. The van der Waals surface area contributed by atoms with Crippen molar-refractivity contribution in [2.45, 2.75) is 47.0 Å². The molecule has 14 heavy (non-hydrogen) atoms. The SMILES string of the molecule is CC(=O)OCCC(C)C.CCCCO. The average molecular weight is 204 g/mol. The quantitative estimate of drug-likeness (QED) is 0.699. The van der Waals surface area contributed by atoms with E-state index in [0.717, 1.165) is 19.3 Å². The molecule has 0 fully saturated rings. The Morgan fingerprint density at radius 3 is 2.21 bits per heavy atom. The summed E-state index contributed by atoms with van der Waals surface area (Å²) >= 11 is 0. The topological polar surface area (TPSA) is 46.5 Å². The van der Waals surface area contributed by atoms with Crippen LogP contribution in [0, 0.1) is 5.92 Å². The number of rotatable bonds is 5. The predicted molar refractivity (Wildman–Crippen MR) is 58.1 cm³/mol. The summed E-state index contributed by atoms with van der Waals surface area (Å²) in [6, 6.07) is 0. The third-order valence-corrected chi connectivity index (χ3v) is 1.51. The van der Waals surface area contributed by atoms with Crippen molar-refractivity contribution in [1.82, 2.24) is 0 Å². The summed E-state index contributed by atoms with van der Waals surface area (Å²) in [5.41, 5.74) is 0. The van der Waals surface area contributed by atoms with Gasteiger partial charge in [-0.2, -0.15) is 0 Å². The number of unbranched alkanes of at least 4 members (excludes halogenated alkanes) is 1. The Bertz CT molecular complexity index is 120. The van der Waals surface area contributed by atoms with Crippen LogP contribution in [0.1, 0.15) is 47.0 Å². The van der Waals surface area contributed by atoms with Gasteiger partial charge in [-0.1, -0.05) is 27.2 Å². The standard InChI is InChI=1S/C7H14O2.C4H10O/c1-6(2)4-5-9-7(3)8;1-2-3-4-5/h6H,4-5H2,1-3H3;5H,2-4H2,1H3. The third kappa shape index (κ3) is 22.5. The zero-order valence-electron chi connectivity index (χ0n) is 9.88. The van der Waals surface area contributed by atoms with Crippen molar-refractivity contribution in [1.29, 1.82) is 0 Å². The highest BCUT2D eigenvalue weighted by Crippen LogP contribution is 1.98. The number of carbonyl (C=O) groups excluding carboxylic acids is 1. The number of hydrogen-bond donors (Lipinski definition) is 1. The zero-order chi connectivity index (χ0) is 11.4. The molecule has 0 bridgehead atoms. The fraction of sp³-hybridized carbons (Fsp3) is 0.909. The Morgan fingerprint density at radius 1 is 1.43 bits per heavy atom. The molecule has 0 saturated heterocycles. The fourth-order valence-electron chi connectivity index (χ4n) is 0.596. The molecular weight excluding hydrogens is 180 g/mol. The molecule has 0 rings (SSSR count). The molecule has 0 aliphatic carbocycles. The Balaban J connectivity index is 0. The smallest absolute Gasteiger partial charge is 0.302 e. The van der Waals surface area contributed by atoms with Gasteiger partial charge in [0.05, 0.1) is 6.61 Å². The second-order valence-corrected chi connectivity index (χ2v) is 3.60. The van der Waals surface area contributed by atoms with Crippen molar-refractivity contribution >= 4 is 5.97 Å². The minimum atomic E-state index is -0.185. The molecular formula is C11H24O3. The molecule has 0 unspecified atom stereocenters. The van der Waals surface area contributed by atoms with E-state index in [1.54, 1.807) is 0 Å². The number of ether oxygens (including phenoxy) is 1. The van der Waals surface area contributed by atoms with Gasteiger partial charge >= 0.3 is 5.97 Å². The van der Waals surface area contributed by atoms with Gasteiger partial charge in [0.25, 0.3) is 0 Å². The Labute approximate surface area is 87.5 Å². The first-order chi connectivity index (χ1) is 6.54. The van der Waals surface area contributed by atoms with Crippen LogP contribution in [0.3, 0.4) is 0 Å². The van der Waals surface area contributed by atoms with Crippen LogP contribution in [0.4, 0.5) is 0 Å². The normalized spacial score (nSPS) is 9.29. The Kier molecular flexibility index (Phi) is 14.1. The molecule has 1 N–H and O–H groups in total. The van der Waals surface area contributed by atoms with Gasteiger partial charge in [-0.25, -0.2) is 0 Å². The Hall–Kier alpha value is -0.570.